The molecule has 2 heterocycles. The van der Waals surface area contributed by atoms with Crippen molar-refractivity contribution in [2.75, 3.05) is 18.5 Å². The molecule has 92 valence electrons. The Morgan fingerprint density at radius 2 is 2.12 bits per heavy atom. The van der Waals surface area contributed by atoms with Crippen molar-refractivity contribution in [1.29, 1.82) is 0 Å². The average molecular weight is 230 g/mol. The average Bonchev–Trinajstić information content (AvgIpc) is 2.91. The number of anilines is 1. The van der Waals surface area contributed by atoms with Crippen LogP contribution in [0.3, 0.4) is 0 Å². The van der Waals surface area contributed by atoms with Gasteiger partial charge >= 0.3 is 0 Å². The fourth-order valence-electron chi connectivity index (χ4n) is 3.58. The van der Waals surface area contributed by atoms with Crippen molar-refractivity contribution < 1.29 is 0 Å². The standard InChI is InChI=1S/C15H22N2/c1-11-5-3-4-6-15(11)17(2)10-12-9-13-7-8-14(12)16-13/h3-6,12-14,16H,7-10H2,1-2H3. The molecule has 0 spiro atoms. The van der Waals surface area contributed by atoms with Crippen molar-refractivity contribution >= 4 is 5.69 Å². The third-order valence-corrected chi connectivity index (χ3v) is 4.47. The van der Waals surface area contributed by atoms with Gasteiger partial charge in [0, 0.05) is 31.4 Å². The first-order chi connectivity index (χ1) is 8.24. The largest absolute Gasteiger partial charge is 0.374 e. The lowest BCUT2D eigenvalue weighted by Crippen LogP contribution is -2.33. The van der Waals surface area contributed by atoms with Crippen molar-refractivity contribution in [3.05, 3.63) is 29.8 Å². The number of hydrogen-bond donors (Lipinski definition) is 1. The topological polar surface area (TPSA) is 15.3 Å². The van der Waals surface area contributed by atoms with E-state index in [1.165, 1.54) is 37.1 Å². The Balaban J connectivity index is 1.68. The van der Waals surface area contributed by atoms with E-state index in [2.05, 4.69) is 48.5 Å². The normalized spacial score (nSPS) is 30.8. The van der Waals surface area contributed by atoms with Gasteiger partial charge in [0.15, 0.2) is 0 Å². The van der Waals surface area contributed by atoms with E-state index in [1.807, 2.05) is 0 Å². The van der Waals surface area contributed by atoms with Gasteiger partial charge < -0.3 is 10.2 Å². The van der Waals surface area contributed by atoms with Crippen LogP contribution in [0.15, 0.2) is 24.3 Å². The quantitative estimate of drug-likeness (QED) is 0.858. The Hall–Kier alpha value is -1.02. The van der Waals surface area contributed by atoms with E-state index in [0.717, 1.165) is 18.0 Å². The summed E-state index contributed by atoms with van der Waals surface area (Å²) >= 11 is 0. The van der Waals surface area contributed by atoms with Gasteiger partial charge in [0.05, 0.1) is 0 Å². The second-order valence-corrected chi connectivity index (χ2v) is 5.71. The Morgan fingerprint density at radius 3 is 2.76 bits per heavy atom. The summed E-state index contributed by atoms with van der Waals surface area (Å²) in [6.45, 7) is 3.39. The van der Waals surface area contributed by atoms with Gasteiger partial charge in [-0.3, -0.25) is 0 Å². The highest BCUT2D eigenvalue weighted by atomic mass is 15.1. The molecule has 3 unspecified atom stereocenters. The smallest absolute Gasteiger partial charge is 0.0393 e. The van der Waals surface area contributed by atoms with E-state index < -0.39 is 0 Å². The molecular weight excluding hydrogens is 208 g/mol. The molecule has 17 heavy (non-hydrogen) atoms. The van der Waals surface area contributed by atoms with E-state index >= 15 is 0 Å². The molecule has 3 rings (SSSR count). The van der Waals surface area contributed by atoms with Crippen LogP contribution in [-0.4, -0.2) is 25.7 Å². The summed E-state index contributed by atoms with van der Waals surface area (Å²) in [7, 11) is 2.23. The third-order valence-electron chi connectivity index (χ3n) is 4.47. The molecule has 0 aromatic heterocycles. The summed E-state index contributed by atoms with van der Waals surface area (Å²) < 4.78 is 0. The summed E-state index contributed by atoms with van der Waals surface area (Å²) in [5.41, 5.74) is 2.77. The molecule has 2 fully saturated rings. The number of benzene rings is 1. The van der Waals surface area contributed by atoms with E-state index in [0.29, 0.717) is 0 Å². The molecule has 0 saturated carbocycles. The maximum atomic E-state index is 3.72. The minimum atomic E-state index is 0.784. The molecule has 2 nitrogen and oxygen atoms in total. The highest BCUT2D eigenvalue weighted by Gasteiger charge is 2.39. The van der Waals surface area contributed by atoms with Crippen LogP contribution in [-0.2, 0) is 0 Å². The van der Waals surface area contributed by atoms with Crippen LogP contribution in [0.5, 0.6) is 0 Å². The van der Waals surface area contributed by atoms with E-state index in [4.69, 9.17) is 0 Å². The van der Waals surface area contributed by atoms with Gasteiger partial charge in [-0.15, -0.1) is 0 Å². The zero-order chi connectivity index (χ0) is 11.8. The SMILES string of the molecule is Cc1ccccc1N(C)CC1CC2CCC1N2. The van der Waals surface area contributed by atoms with Gasteiger partial charge in [0.25, 0.3) is 0 Å². The number of aryl methyl sites for hydroxylation is 1. The third kappa shape index (κ3) is 2.06. The molecule has 2 aliphatic rings. The Labute approximate surface area is 104 Å². The maximum Gasteiger partial charge on any atom is 0.0393 e. The predicted octanol–water partition coefficient (Wildman–Crippen LogP) is 2.57. The lowest BCUT2D eigenvalue weighted by molar-refractivity contribution is 0.409. The van der Waals surface area contributed by atoms with Crippen molar-refractivity contribution in [2.24, 2.45) is 5.92 Å². The van der Waals surface area contributed by atoms with Crippen LogP contribution in [0, 0.1) is 12.8 Å². The van der Waals surface area contributed by atoms with Crippen molar-refractivity contribution in [3.8, 4) is 0 Å². The zero-order valence-corrected chi connectivity index (χ0v) is 10.8. The summed E-state index contributed by atoms with van der Waals surface area (Å²) in [5.74, 6) is 0.846. The zero-order valence-electron chi connectivity index (χ0n) is 10.8. The summed E-state index contributed by atoms with van der Waals surface area (Å²) in [5, 5.41) is 3.72. The second-order valence-electron chi connectivity index (χ2n) is 5.71. The molecule has 1 N–H and O–H groups in total. The Kier molecular flexibility index (Phi) is 2.83. The van der Waals surface area contributed by atoms with E-state index in [-0.39, 0.29) is 0 Å². The number of fused-ring (bicyclic) bond motifs is 2. The molecule has 2 bridgehead atoms. The monoisotopic (exact) mass is 230 g/mol. The number of rotatable bonds is 3. The fraction of sp³-hybridized carbons (Fsp3) is 0.600. The molecule has 1 aromatic carbocycles. The molecule has 1 aromatic rings. The molecule has 2 saturated heterocycles. The molecular formula is C15H22N2. The van der Waals surface area contributed by atoms with Crippen LogP contribution in [0.25, 0.3) is 0 Å². The van der Waals surface area contributed by atoms with Crippen LogP contribution < -0.4 is 10.2 Å². The molecule has 0 aliphatic carbocycles. The van der Waals surface area contributed by atoms with Crippen LogP contribution in [0.1, 0.15) is 24.8 Å². The molecule has 2 heteroatoms. The highest BCUT2D eigenvalue weighted by molar-refractivity contribution is 5.52. The lowest BCUT2D eigenvalue weighted by Gasteiger charge is -2.28. The Morgan fingerprint density at radius 1 is 1.29 bits per heavy atom. The Bertz CT molecular complexity index is 402. The number of para-hydroxylation sites is 1. The minimum absolute atomic E-state index is 0.784. The van der Waals surface area contributed by atoms with Crippen LogP contribution in [0.4, 0.5) is 5.69 Å². The van der Waals surface area contributed by atoms with E-state index in [9.17, 15) is 0 Å². The van der Waals surface area contributed by atoms with Gasteiger partial charge in [0.1, 0.15) is 0 Å². The minimum Gasteiger partial charge on any atom is -0.374 e. The van der Waals surface area contributed by atoms with Crippen molar-refractivity contribution in [1.82, 2.24) is 5.32 Å². The molecule has 0 amide bonds. The fourth-order valence-corrected chi connectivity index (χ4v) is 3.58. The summed E-state index contributed by atoms with van der Waals surface area (Å²) in [6.07, 6.45) is 4.16. The van der Waals surface area contributed by atoms with E-state index in [1.54, 1.807) is 0 Å². The predicted molar refractivity (Wildman–Crippen MR) is 72.5 cm³/mol. The lowest BCUT2D eigenvalue weighted by atomic mass is 9.89. The van der Waals surface area contributed by atoms with Crippen LogP contribution >= 0.6 is 0 Å². The molecule has 3 atom stereocenters. The molecule has 2 aliphatic heterocycles. The number of nitrogens with zero attached hydrogens (tertiary/aromatic N) is 1. The number of hydrogen-bond acceptors (Lipinski definition) is 2. The summed E-state index contributed by atoms with van der Waals surface area (Å²) in [6, 6.07) is 10.3. The van der Waals surface area contributed by atoms with Gasteiger partial charge in [-0.2, -0.15) is 0 Å². The molecule has 0 radical (unpaired) electrons. The highest BCUT2D eigenvalue weighted by Crippen LogP contribution is 2.34. The first-order valence-corrected chi connectivity index (χ1v) is 6.77. The van der Waals surface area contributed by atoms with Gasteiger partial charge in [-0.1, -0.05) is 18.2 Å². The number of nitrogens with one attached hydrogen (secondary N) is 1. The van der Waals surface area contributed by atoms with Gasteiger partial charge in [-0.25, -0.2) is 0 Å². The van der Waals surface area contributed by atoms with Crippen molar-refractivity contribution in [2.45, 2.75) is 38.3 Å². The van der Waals surface area contributed by atoms with Gasteiger partial charge in [0.2, 0.25) is 0 Å². The summed E-state index contributed by atoms with van der Waals surface area (Å²) in [4.78, 5) is 2.43. The first-order valence-electron chi connectivity index (χ1n) is 6.77. The second kappa shape index (κ2) is 4.34. The maximum absolute atomic E-state index is 3.72. The van der Waals surface area contributed by atoms with Crippen LogP contribution in [0.2, 0.25) is 0 Å². The first kappa shape index (κ1) is 11.1. The van der Waals surface area contributed by atoms with Crippen molar-refractivity contribution in [3.63, 3.8) is 0 Å². The van der Waals surface area contributed by atoms with Gasteiger partial charge in [-0.05, 0) is 43.7 Å².